The van der Waals surface area contributed by atoms with Crippen molar-refractivity contribution in [3.05, 3.63) is 59.8 Å². The summed E-state index contributed by atoms with van der Waals surface area (Å²) in [5.41, 5.74) is 3.34. The molecule has 0 spiro atoms. The summed E-state index contributed by atoms with van der Waals surface area (Å²) in [5.74, 6) is 1.79. The Morgan fingerprint density at radius 2 is 2.04 bits per heavy atom. The van der Waals surface area contributed by atoms with Crippen LogP contribution < -0.4 is 9.47 Å². The van der Waals surface area contributed by atoms with E-state index >= 15 is 0 Å². The molecule has 0 bridgehead atoms. The van der Waals surface area contributed by atoms with Crippen LogP contribution in [0.3, 0.4) is 0 Å². The van der Waals surface area contributed by atoms with Gasteiger partial charge in [0.1, 0.15) is 11.5 Å². The summed E-state index contributed by atoms with van der Waals surface area (Å²) in [6.45, 7) is 0.789. The smallest absolute Gasteiger partial charge is 0.223 e. The highest BCUT2D eigenvalue weighted by Gasteiger charge is 2.32. The molecule has 0 saturated carbocycles. The van der Waals surface area contributed by atoms with Gasteiger partial charge in [0.2, 0.25) is 5.91 Å². The predicted molar refractivity (Wildman–Crippen MR) is 110 cm³/mol. The molecule has 1 aliphatic heterocycles. The van der Waals surface area contributed by atoms with Crippen LogP contribution in [0.1, 0.15) is 36.4 Å². The van der Waals surface area contributed by atoms with Gasteiger partial charge in [0, 0.05) is 35.6 Å². The summed E-state index contributed by atoms with van der Waals surface area (Å²) in [7, 11) is 3.33. The number of hydrogen-bond donors (Lipinski definition) is 1. The first-order chi connectivity index (χ1) is 13.7. The lowest BCUT2D eigenvalue weighted by Gasteiger charge is -2.27. The molecule has 0 aliphatic carbocycles. The van der Waals surface area contributed by atoms with Crippen LogP contribution >= 0.6 is 0 Å². The molecule has 1 aliphatic rings. The lowest BCUT2D eigenvalue weighted by atomic mass is 10.0. The number of rotatable bonds is 6. The number of amides is 1. The van der Waals surface area contributed by atoms with Crippen molar-refractivity contribution in [3.8, 4) is 11.5 Å². The van der Waals surface area contributed by atoms with Crippen LogP contribution in [-0.2, 0) is 11.2 Å². The van der Waals surface area contributed by atoms with Gasteiger partial charge in [0.05, 0.1) is 20.3 Å². The van der Waals surface area contributed by atoms with Crippen molar-refractivity contribution in [1.82, 2.24) is 9.88 Å². The fourth-order valence-electron chi connectivity index (χ4n) is 4.21. The largest absolute Gasteiger partial charge is 0.497 e. The Balaban J connectivity index is 1.51. The molecule has 1 N–H and O–H groups in total. The SMILES string of the molecule is COc1ccc(OC)c(C2CCCN2C(=O)CCc2c[nH]c3ccccc23)c1. The van der Waals surface area contributed by atoms with Gasteiger partial charge in [-0.15, -0.1) is 0 Å². The van der Waals surface area contributed by atoms with Crippen LogP contribution in [-0.4, -0.2) is 36.6 Å². The number of benzene rings is 2. The molecule has 1 atom stereocenters. The first kappa shape index (κ1) is 18.4. The van der Waals surface area contributed by atoms with E-state index in [0.29, 0.717) is 6.42 Å². The van der Waals surface area contributed by atoms with Crippen LogP contribution in [0.2, 0.25) is 0 Å². The Kier molecular flexibility index (Phi) is 5.24. The van der Waals surface area contributed by atoms with E-state index in [4.69, 9.17) is 9.47 Å². The molecule has 1 unspecified atom stereocenters. The highest BCUT2D eigenvalue weighted by molar-refractivity contribution is 5.84. The molecule has 1 saturated heterocycles. The topological polar surface area (TPSA) is 54.6 Å². The van der Waals surface area contributed by atoms with Crippen molar-refractivity contribution in [2.75, 3.05) is 20.8 Å². The minimum atomic E-state index is 0.0421. The molecule has 1 amide bonds. The van der Waals surface area contributed by atoms with Gasteiger partial charge in [-0.2, -0.15) is 0 Å². The highest BCUT2D eigenvalue weighted by Crippen LogP contribution is 2.39. The Morgan fingerprint density at radius 1 is 1.18 bits per heavy atom. The van der Waals surface area contributed by atoms with Gasteiger partial charge < -0.3 is 19.4 Å². The first-order valence-electron chi connectivity index (χ1n) is 9.77. The number of aryl methyl sites for hydroxylation is 1. The number of hydrogen-bond acceptors (Lipinski definition) is 3. The maximum absolute atomic E-state index is 13.1. The standard InChI is InChI=1S/C23H26N2O3/c1-27-17-10-11-22(28-2)19(14-17)21-8-5-13-25(21)23(26)12-9-16-15-24-20-7-4-3-6-18(16)20/h3-4,6-7,10-11,14-15,21,24H,5,8-9,12-13H2,1-2H3. The predicted octanol–water partition coefficient (Wildman–Crippen LogP) is 4.48. The number of fused-ring (bicyclic) bond motifs is 1. The molecule has 146 valence electrons. The van der Waals surface area contributed by atoms with Crippen LogP contribution in [0, 0.1) is 0 Å². The van der Waals surface area contributed by atoms with Crippen molar-refractivity contribution in [2.45, 2.75) is 31.7 Å². The molecule has 2 heterocycles. The zero-order valence-corrected chi connectivity index (χ0v) is 16.4. The van der Waals surface area contributed by atoms with Gasteiger partial charge in [-0.25, -0.2) is 0 Å². The number of likely N-dealkylation sites (tertiary alicyclic amines) is 1. The van der Waals surface area contributed by atoms with Gasteiger partial charge in [-0.05, 0) is 49.1 Å². The number of aromatic amines is 1. The quantitative estimate of drug-likeness (QED) is 0.688. The lowest BCUT2D eigenvalue weighted by molar-refractivity contribution is -0.132. The minimum absolute atomic E-state index is 0.0421. The molecule has 5 nitrogen and oxygen atoms in total. The maximum atomic E-state index is 13.1. The Bertz CT molecular complexity index is 979. The van der Waals surface area contributed by atoms with E-state index in [0.717, 1.165) is 48.4 Å². The molecule has 3 aromatic rings. The third-order valence-corrected chi connectivity index (χ3v) is 5.65. The number of carbonyl (C=O) groups is 1. The number of methoxy groups -OCH3 is 2. The van der Waals surface area contributed by atoms with E-state index < -0.39 is 0 Å². The van der Waals surface area contributed by atoms with Crippen molar-refractivity contribution in [1.29, 1.82) is 0 Å². The monoisotopic (exact) mass is 378 g/mol. The summed E-state index contributed by atoms with van der Waals surface area (Å²) in [4.78, 5) is 18.4. The number of ether oxygens (including phenoxy) is 2. The van der Waals surface area contributed by atoms with Gasteiger partial charge in [0.25, 0.3) is 0 Å². The average Bonchev–Trinajstić information content (AvgIpc) is 3.39. The molecule has 28 heavy (non-hydrogen) atoms. The van der Waals surface area contributed by atoms with E-state index in [1.54, 1.807) is 14.2 Å². The van der Waals surface area contributed by atoms with E-state index in [1.165, 1.54) is 10.9 Å². The summed E-state index contributed by atoms with van der Waals surface area (Å²) < 4.78 is 10.9. The van der Waals surface area contributed by atoms with Gasteiger partial charge in [-0.1, -0.05) is 18.2 Å². The lowest BCUT2D eigenvalue weighted by Crippen LogP contribution is -2.31. The first-order valence-corrected chi connectivity index (χ1v) is 9.77. The number of nitrogens with zero attached hydrogens (tertiary/aromatic N) is 1. The van der Waals surface area contributed by atoms with Crippen molar-refractivity contribution in [2.24, 2.45) is 0 Å². The minimum Gasteiger partial charge on any atom is -0.497 e. The van der Waals surface area contributed by atoms with Crippen molar-refractivity contribution in [3.63, 3.8) is 0 Å². The number of aromatic nitrogens is 1. The van der Waals surface area contributed by atoms with Crippen LogP contribution in [0.25, 0.3) is 10.9 Å². The number of para-hydroxylation sites is 1. The van der Waals surface area contributed by atoms with E-state index in [1.807, 2.05) is 41.4 Å². The molecule has 4 rings (SSSR count). The summed E-state index contributed by atoms with van der Waals surface area (Å²) >= 11 is 0. The summed E-state index contributed by atoms with van der Waals surface area (Å²) in [5, 5.41) is 1.20. The average molecular weight is 378 g/mol. The molecule has 0 radical (unpaired) electrons. The normalized spacial score (nSPS) is 16.5. The van der Waals surface area contributed by atoms with Crippen LogP contribution in [0.15, 0.2) is 48.7 Å². The second-order valence-electron chi connectivity index (χ2n) is 7.21. The summed E-state index contributed by atoms with van der Waals surface area (Å²) in [6, 6.07) is 14.1. The molecule has 5 heteroatoms. The molecule has 2 aromatic carbocycles. The van der Waals surface area contributed by atoms with Crippen molar-refractivity contribution < 1.29 is 14.3 Å². The maximum Gasteiger partial charge on any atom is 0.223 e. The van der Waals surface area contributed by atoms with E-state index in [-0.39, 0.29) is 11.9 Å². The highest BCUT2D eigenvalue weighted by atomic mass is 16.5. The third kappa shape index (κ3) is 3.44. The van der Waals surface area contributed by atoms with Gasteiger partial charge in [-0.3, -0.25) is 4.79 Å². The summed E-state index contributed by atoms with van der Waals surface area (Å²) in [6.07, 6.45) is 5.21. The number of nitrogens with one attached hydrogen (secondary N) is 1. The Morgan fingerprint density at radius 3 is 2.86 bits per heavy atom. The zero-order chi connectivity index (χ0) is 19.5. The zero-order valence-electron chi connectivity index (χ0n) is 16.4. The molecule has 1 aromatic heterocycles. The van der Waals surface area contributed by atoms with Crippen LogP contribution in [0.5, 0.6) is 11.5 Å². The van der Waals surface area contributed by atoms with E-state index in [9.17, 15) is 4.79 Å². The molecular weight excluding hydrogens is 352 g/mol. The van der Waals surface area contributed by atoms with Gasteiger partial charge >= 0.3 is 0 Å². The fourth-order valence-corrected chi connectivity index (χ4v) is 4.21. The Labute approximate surface area is 165 Å². The fraction of sp³-hybridized carbons (Fsp3) is 0.348. The van der Waals surface area contributed by atoms with Crippen molar-refractivity contribution >= 4 is 16.8 Å². The second-order valence-corrected chi connectivity index (χ2v) is 7.21. The number of carbonyl (C=O) groups excluding carboxylic acids is 1. The molecular formula is C23H26N2O3. The van der Waals surface area contributed by atoms with Crippen LogP contribution in [0.4, 0.5) is 0 Å². The Hall–Kier alpha value is -2.95. The second kappa shape index (κ2) is 7.97. The van der Waals surface area contributed by atoms with E-state index in [2.05, 4.69) is 17.1 Å². The number of H-pyrrole nitrogens is 1. The molecule has 1 fully saturated rings. The van der Waals surface area contributed by atoms with Gasteiger partial charge in [0.15, 0.2) is 0 Å². The third-order valence-electron chi connectivity index (χ3n) is 5.65.